The van der Waals surface area contributed by atoms with Gasteiger partial charge in [0.25, 0.3) is 10.0 Å². The quantitative estimate of drug-likeness (QED) is 0.860. The van der Waals surface area contributed by atoms with Crippen LogP contribution < -0.4 is 4.72 Å². The summed E-state index contributed by atoms with van der Waals surface area (Å²) in [5, 5.41) is 8.33. The zero-order valence-corrected chi connectivity index (χ0v) is 12.6. The average Bonchev–Trinajstić information content (AvgIpc) is 3.04. The maximum absolute atomic E-state index is 12.2. The molecule has 1 atom stereocenters. The molecule has 2 aromatic heterocycles. The number of sulfonamides is 1. The fourth-order valence-corrected chi connectivity index (χ4v) is 3.16. The van der Waals surface area contributed by atoms with E-state index in [1.807, 2.05) is 27.0 Å². The second-order valence-corrected chi connectivity index (χ2v) is 6.40. The number of hydrogen-bond donors (Lipinski definition) is 1. The molecule has 0 aliphatic rings. The lowest BCUT2D eigenvalue weighted by Gasteiger charge is -2.14. The molecular formula is C12H19N5O2S. The van der Waals surface area contributed by atoms with Crippen LogP contribution in [0.2, 0.25) is 0 Å². The highest BCUT2D eigenvalue weighted by atomic mass is 32.2. The van der Waals surface area contributed by atoms with Gasteiger partial charge >= 0.3 is 0 Å². The third-order valence-electron chi connectivity index (χ3n) is 3.00. The summed E-state index contributed by atoms with van der Waals surface area (Å²) in [5.41, 5.74) is 1.05. The molecule has 0 aliphatic heterocycles. The van der Waals surface area contributed by atoms with E-state index < -0.39 is 10.0 Å². The predicted molar refractivity (Wildman–Crippen MR) is 74.8 cm³/mol. The van der Waals surface area contributed by atoms with Gasteiger partial charge in [-0.1, -0.05) is 0 Å². The Kier molecular flexibility index (Phi) is 4.24. The molecule has 20 heavy (non-hydrogen) atoms. The molecule has 0 bridgehead atoms. The minimum absolute atomic E-state index is 0.0588. The van der Waals surface area contributed by atoms with Crippen LogP contribution in [0.3, 0.4) is 0 Å². The smallest absolute Gasteiger partial charge is 0.257 e. The Balaban J connectivity index is 2.06. The largest absolute Gasteiger partial charge is 0.268 e. The van der Waals surface area contributed by atoms with E-state index in [9.17, 15) is 8.42 Å². The molecule has 0 saturated carbocycles. The van der Waals surface area contributed by atoms with E-state index >= 15 is 0 Å². The SMILES string of the molecule is CCn1nccc1S(=O)(=O)NC[C@H](C)n1cc(C)cn1. The average molecular weight is 297 g/mol. The second-order valence-electron chi connectivity index (χ2n) is 4.68. The minimum atomic E-state index is -3.55. The van der Waals surface area contributed by atoms with E-state index in [2.05, 4.69) is 14.9 Å². The molecule has 0 fully saturated rings. The summed E-state index contributed by atoms with van der Waals surface area (Å²) < 4.78 is 30.2. The first kappa shape index (κ1) is 14.7. The Morgan fingerprint density at radius 2 is 2.15 bits per heavy atom. The molecule has 2 rings (SSSR count). The van der Waals surface area contributed by atoms with Gasteiger partial charge in [-0.15, -0.1) is 0 Å². The zero-order chi connectivity index (χ0) is 14.8. The lowest BCUT2D eigenvalue weighted by Crippen LogP contribution is -2.31. The van der Waals surface area contributed by atoms with Crippen molar-refractivity contribution in [2.75, 3.05) is 6.54 Å². The fraction of sp³-hybridized carbons (Fsp3) is 0.500. The molecule has 0 spiro atoms. The molecule has 110 valence electrons. The van der Waals surface area contributed by atoms with Gasteiger partial charge in [-0.25, -0.2) is 13.1 Å². The van der Waals surface area contributed by atoms with Crippen molar-refractivity contribution in [1.82, 2.24) is 24.3 Å². The Labute approximate surface area is 118 Å². The number of rotatable bonds is 6. The third-order valence-corrected chi connectivity index (χ3v) is 4.45. The number of aryl methyl sites for hydroxylation is 2. The van der Waals surface area contributed by atoms with Crippen LogP contribution in [0.4, 0.5) is 0 Å². The number of nitrogens with one attached hydrogen (secondary N) is 1. The highest BCUT2D eigenvalue weighted by Gasteiger charge is 2.19. The van der Waals surface area contributed by atoms with Gasteiger partial charge in [-0.3, -0.25) is 9.36 Å². The van der Waals surface area contributed by atoms with Crippen molar-refractivity contribution in [2.45, 2.75) is 38.4 Å². The summed E-state index contributed by atoms with van der Waals surface area (Å²) in [6.07, 6.45) is 5.12. The highest BCUT2D eigenvalue weighted by molar-refractivity contribution is 7.89. The van der Waals surface area contributed by atoms with E-state index in [-0.39, 0.29) is 17.6 Å². The van der Waals surface area contributed by atoms with Gasteiger partial charge in [0.2, 0.25) is 0 Å². The molecule has 7 nitrogen and oxygen atoms in total. The molecular weight excluding hydrogens is 278 g/mol. The predicted octanol–water partition coefficient (Wildman–Crippen LogP) is 0.947. The monoisotopic (exact) mass is 297 g/mol. The van der Waals surface area contributed by atoms with E-state index in [1.165, 1.54) is 16.9 Å². The summed E-state index contributed by atoms with van der Waals surface area (Å²) in [5.74, 6) is 0. The second kappa shape index (κ2) is 5.76. The fourth-order valence-electron chi connectivity index (χ4n) is 1.86. The number of nitrogens with zero attached hydrogens (tertiary/aromatic N) is 4. The van der Waals surface area contributed by atoms with Gasteiger partial charge in [0.15, 0.2) is 5.03 Å². The van der Waals surface area contributed by atoms with Crippen molar-refractivity contribution in [2.24, 2.45) is 0 Å². The first-order chi connectivity index (χ1) is 9.44. The first-order valence-electron chi connectivity index (χ1n) is 6.46. The summed E-state index contributed by atoms with van der Waals surface area (Å²) >= 11 is 0. The molecule has 0 unspecified atom stereocenters. The Morgan fingerprint density at radius 1 is 1.40 bits per heavy atom. The van der Waals surface area contributed by atoms with Crippen molar-refractivity contribution < 1.29 is 8.42 Å². The van der Waals surface area contributed by atoms with E-state index in [4.69, 9.17) is 0 Å². The highest BCUT2D eigenvalue weighted by Crippen LogP contribution is 2.10. The van der Waals surface area contributed by atoms with Crippen LogP contribution in [0, 0.1) is 6.92 Å². The molecule has 2 aromatic rings. The van der Waals surface area contributed by atoms with Gasteiger partial charge in [0, 0.05) is 19.3 Å². The van der Waals surface area contributed by atoms with E-state index in [0.29, 0.717) is 6.54 Å². The van der Waals surface area contributed by atoms with Gasteiger partial charge in [-0.05, 0) is 32.4 Å². The molecule has 0 saturated heterocycles. The van der Waals surface area contributed by atoms with Crippen LogP contribution >= 0.6 is 0 Å². The summed E-state index contributed by atoms with van der Waals surface area (Å²) in [6, 6.07) is 1.44. The first-order valence-corrected chi connectivity index (χ1v) is 7.94. The molecule has 0 radical (unpaired) electrons. The molecule has 8 heteroatoms. The van der Waals surface area contributed by atoms with Crippen molar-refractivity contribution in [1.29, 1.82) is 0 Å². The lowest BCUT2D eigenvalue weighted by atomic mass is 10.3. The topological polar surface area (TPSA) is 81.8 Å². The third kappa shape index (κ3) is 3.07. The summed E-state index contributed by atoms with van der Waals surface area (Å²) in [6.45, 7) is 6.49. The Morgan fingerprint density at radius 3 is 2.75 bits per heavy atom. The van der Waals surface area contributed by atoms with Crippen LogP contribution in [0.25, 0.3) is 0 Å². The van der Waals surface area contributed by atoms with Crippen molar-refractivity contribution >= 4 is 10.0 Å². The van der Waals surface area contributed by atoms with E-state index in [0.717, 1.165) is 5.56 Å². The Hall–Kier alpha value is -1.67. The van der Waals surface area contributed by atoms with Gasteiger partial charge in [0.05, 0.1) is 18.4 Å². The molecule has 0 aromatic carbocycles. The van der Waals surface area contributed by atoms with Crippen molar-refractivity contribution in [3.05, 3.63) is 30.2 Å². The van der Waals surface area contributed by atoms with Crippen molar-refractivity contribution in [3.63, 3.8) is 0 Å². The number of aromatic nitrogens is 4. The van der Waals surface area contributed by atoms with Crippen LogP contribution in [0.1, 0.15) is 25.5 Å². The summed E-state index contributed by atoms with van der Waals surface area (Å²) in [4.78, 5) is 0. The number of hydrogen-bond acceptors (Lipinski definition) is 4. The van der Waals surface area contributed by atoms with Crippen LogP contribution in [0.15, 0.2) is 29.7 Å². The molecule has 1 N–H and O–H groups in total. The summed E-state index contributed by atoms with van der Waals surface area (Å²) in [7, 11) is -3.55. The normalized spacial score (nSPS) is 13.6. The molecule has 0 aliphatic carbocycles. The maximum atomic E-state index is 12.2. The van der Waals surface area contributed by atoms with Gasteiger partial charge < -0.3 is 0 Å². The van der Waals surface area contributed by atoms with Crippen LogP contribution in [-0.4, -0.2) is 34.5 Å². The Bertz CT molecular complexity index is 674. The van der Waals surface area contributed by atoms with E-state index in [1.54, 1.807) is 10.9 Å². The zero-order valence-electron chi connectivity index (χ0n) is 11.8. The lowest BCUT2D eigenvalue weighted by molar-refractivity contribution is 0.475. The maximum Gasteiger partial charge on any atom is 0.257 e. The van der Waals surface area contributed by atoms with Crippen LogP contribution in [-0.2, 0) is 16.6 Å². The van der Waals surface area contributed by atoms with Gasteiger partial charge in [-0.2, -0.15) is 10.2 Å². The molecule has 2 heterocycles. The van der Waals surface area contributed by atoms with Crippen molar-refractivity contribution in [3.8, 4) is 0 Å². The standard InChI is InChI=1S/C12H19N5O2S/c1-4-16-12(5-6-13-16)20(18,19)15-8-11(3)17-9-10(2)7-14-17/h5-7,9,11,15H,4,8H2,1-3H3/t11-/m0/s1. The molecule has 0 amide bonds. The minimum Gasteiger partial charge on any atom is -0.268 e. The van der Waals surface area contributed by atoms with Gasteiger partial charge in [0.1, 0.15) is 0 Å². The van der Waals surface area contributed by atoms with Crippen LogP contribution in [0.5, 0.6) is 0 Å².